The number of hydrogen-bond acceptors (Lipinski definition) is 3. The average molecular weight is 244 g/mol. The fourth-order valence-corrected chi connectivity index (χ4v) is 1.79. The van der Waals surface area contributed by atoms with Crippen molar-refractivity contribution in [1.29, 1.82) is 0 Å². The van der Waals surface area contributed by atoms with Gasteiger partial charge in [-0.1, -0.05) is 12.1 Å². The monoisotopic (exact) mass is 244 g/mol. The molecule has 1 heterocycles. The van der Waals surface area contributed by atoms with Gasteiger partial charge in [0.2, 0.25) is 5.91 Å². The zero-order valence-electron chi connectivity index (χ0n) is 10.2. The van der Waals surface area contributed by atoms with Crippen LogP contribution in [0.5, 0.6) is 0 Å². The zero-order valence-corrected chi connectivity index (χ0v) is 10.2. The summed E-state index contributed by atoms with van der Waals surface area (Å²) in [5.41, 5.74) is 12.8. The molecular formula is C13H16N4O. The molecule has 1 aromatic heterocycles. The molecule has 2 aromatic rings. The van der Waals surface area contributed by atoms with Crippen LogP contribution in [0.1, 0.15) is 24.4 Å². The number of nitrogens with two attached hydrogens (primary N) is 2. The van der Waals surface area contributed by atoms with E-state index in [2.05, 4.69) is 4.98 Å². The van der Waals surface area contributed by atoms with Gasteiger partial charge in [-0.3, -0.25) is 4.79 Å². The molecule has 4 N–H and O–H groups in total. The van der Waals surface area contributed by atoms with Crippen LogP contribution in [0.4, 0.5) is 5.69 Å². The normalized spacial score (nSPS) is 12.3. The van der Waals surface area contributed by atoms with Crippen molar-refractivity contribution < 1.29 is 4.79 Å². The second-order valence-corrected chi connectivity index (χ2v) is 4.25. The Morgan fingerprint density at radius 2 is 2.06 bits per heavy atom. The minimum absolute atomic E-state index is 0.369. The predicted octanol–water partition coefficient (Wildman–Crippen LogP) is 1.10. The van der Waals surface area contributed by atoms with Gasteiger partial charge in [0.25, 0.3) is 0 Å². The first-order valence-electron chi connectivity index (χ1n) is 5.73. The molecule has 0 aliphatic rings. The number of rotatable bonds is 4. The van der Waals surface area contributed by atoms with E-state index < -0.39 is 6.04 Å². The van der Waals surface area contributed by atoms with Crippen LogP contribution in [-0.4, -0.2) is 15.5 Å². The number of hydrogen-bond donors (Lipinski definition) is 2. The number of nitrogen functional groups attached to an aromatic ring is 1. The van der Waals surface area contributed by atoms with Crippen molar-refractivity contribution >= 4 is 11.6 Å². The molecule has 1 atom stereocenters. The summed E-state index contributed by atoms with van der Waals surface area (Å²) in [4.78, 5) is 15.5. The molecule has 0 saturated heterocycles. The van der Waals surface area contributed by atoms with E-state index >= 15 is 0 Å². The molecule has 0 aliphatic carbocycles. The molecule has 5 nitrogen and oxygen atoms in total. The lowest BCUT2D eigenvalue weighted by molar-refractivity contribution is -0.120. The Morgan fingerprint density at radius 1 is 1.39 bits per heavy atom. The summed E-state index contributed by atoms with van der Waals surface area (Å²) in [6, 6.07) is 7.20. The standard InChI is InChI=1S/C13H16N4O/c1-9(13(15)18)17-7-6-16-12(17)8-10-2-4-11(14)5-3-10/h2-7,9H,8,14H2,1H3,(H2,15,18). The molecule has 5 heteroatoms. The maximum absolute atomic E-state index is 11.2. The van der Waals surface area contributed by atoms with Gasteiger partial charge in [0.15, 0.2) is 0 Å². The predicted molar refractivity (Wildman–Crippen MR) is 69.8 cm³/mol. The number of imidazole rings is 1. The minimum atomic E-state index is -0.392. The van der Waals surface area contributed by atoms with Crippen molar-refractivity contribution in [2.24, 2.45) is 5.73 Å². The van der Waals surface area contributed by atoms with Crippen LogP contribution in [0.3, 0.4) is 0 Å². The van der Waals surface area contributed by atoms with Crippen LogP contribution < -0.4 is 11.5 Å². The largest absolute Gasteiger partial charge is 0.399 e. The summed E-state index contributed by atoms with van der Waals surface area (Å²) in [5.74, 6) is 0.442. The van der Waals surface area contributed by atoms with E-state index in [0.717, 1.165) is 17.1 Å². The molecule has 0 spiro atoms. The summed E-state index contributed by atoms with van der Waals surface area (Å²) in [7, 11) is 0. The number of carbonyl (C=O) groups is 1. The summed E-state index contributed by atoms with van der Waals surface area (Å²) in [5, 5.41) is 0. The van der Waals surface area contributed by atoms with Gasteiger partial charge in [0.1, 0.15) is 11.9 Å². The lowest BCUT2D eigenvalue weighted by Gasteiger charge is -2.13. The fraction of sp³-hybridized carbons (Fsp3) is 0.231. The third-order valence-electron chi connectivity index (χ3n) is 2.92. The molecule has 1 unspecified atom stereocenters. The van der Waals surface area contributed by atoms with Crippen molar-refractivity contribution in [3.05, 3.63) is 48.0 Å². The van der Waals surface area contributed by atoms with Gasteiger partial charge < -0.3 is 16.0 Å². The van der Waals surface area contributed by atoms with Crippen molar-refractivity contribution in [2.45, 2.75) is 19.4 Å². The molecule has 0 radical (unpaired) electrons. The Bertz CT molecular complexity index is 544. The van der Waals surface area contributed by atoms with Crippen molar-refractivity contribution in [3.63, 3.8) is 0 Å². The zero-order chi connectivity index (χ0) is 13.1. The summed E-state index contributed by atoms with van der Waals surface area (Å²) >= 11 is 0. The van der Waals surface area contributed by atoms with Crippen LogP contribution in [0.15, 0.2) is 36.7 Å². The lowest BCUT2D eigenvalue weighted by atomic mass is 10.1. The Hall–Kier alpha value is -2.30. The Balaban J connectivity index is 2.22. The second kappa shape index (κ2) is 4.91. The molecule has 0 fully saturated rings. The number of nitrogens with zero attached hydrogens (tertiary/aromatic N) is 2. The first kappa shape index (κ1) is 12.2. The van der Waals surface area contributed by atoms with Crippen LogP contribution in [0.25, 0.3) is 0 Å². The van der Waals surface area contributed by atoms with E-state index in [1.807, 2.05) is 24.3 Å². The highest BCUT2D eigenvalue weighted by molar-refractivity contribution is 5.77. The Morgan fingerprint density at radius 3 is 2.67 bits per heavy atom. The van der Waals surface area contributed by atoms with Gasteiger partial charge in [0, 0.05) is 24.5 Å². The third kappa shape index (κ3) is 2.51. The molecule has 1 aromatic carbocycles. The van der Waals surface area contributed by atoms with Gasteiger partial charge in [-0.25, -0.2) is 4.98 Å². The van der Waals surface area contributed by atoms with Crippen LogP contribution >= 0.6 is 0 Å². The molecule has 0 aliphatic heterocycles. The molecule has 94 valence electrons. The van der Waals surface area contributed by atoms with Crippen molar-refractivity contribution in [3.8, 4) is 0 Å². The Kier molecular flexibility index (Phi) is 3.32. The van der Waals surface area contributed by atoms with E-state index in [1.54, 1.807) is 23.9 Å². The second-order valence-electron chi connectivity index (χ2n) is 4.25. The molecule has 1 amide bonds. The number of amides is 1. The highest BCUT2D eigenvalue weighted by Crippen LogP contribution is 2.14. The summed E-state index contributed by atoms with van der Waals surface area (Å²) in [6.45, 7) is 1.76. The van der Waals surface area contributed by atoms with Crippen molar-refractivity contribution in [1.82, 2.24) is 9.55 Å². The highest BCUT2D eigenvalue weighted by atomic mass is 16.1. The first-order valence-corrected chi connectivity index (χ1v) is 5.73. The molecule has 0 saturated carbocycles. The van der Waals surface area contributed by atoms with E-state index in [9.17, 15) is 4.79 Å². The van der Waals surface area contributed by atoms with Gasteiger partial charge in [-0.2, -0.15) is 0 Å². The average Bonchev–Trinajstić information content (AvgIpc) is 2.79. The lowest BCUT2D eigenvalue weighted by Crippen LogP contribution is -2.25. The van der Waals surface area contributed by atoms with Gasteiger partial charge in [-0.15, -0.1) is 0 Å². The Labute approximate surface area is 105 Å². The maximum atomic E-state index is 11.2. The SMILES string of the molecule is CC(C(N)=O)n1ccnc1Cc1ccc(N)cc1. The quantitative estimate of drug-likeness (QED) is 0.789. The van der Waals surface area contributed by atoms with Gasteiger partial charge >= 0.3 is 0 Å². The van der Waals surface area contributed by atoms with E-state index in [0.29, 0.717) is 6.42 Å². The molecule has 0 bridgehead atoms. The number of benzene rings is 1. The van der Waals surface area contributed by atoms with Crippen LogP contribution in [-0.2, 0) is 11.2 Å². The minimum Gasteiger partial charge on any atom is -0.399 e. The highest BCUT2D eigenvalue weighted by Gasteiger charge is 2.14. The van der Waals surface area contributed by atoms with Crippen molar-refractivity contribution in [2.75, 3.05) is 5.73 Å². The molecule has 18 heavy (non-hydrogen) atoms. The number of carbonyl (C=O) groups excluding carboxylic acids is 1. The number of anilines is 1. The van der Waals surface area contributed by atoms with Crippen LogP contribution in [0, 0.1) is 0 Å². The third-order valence-corrected chi connectivity index (χ3v) is 2.92. The first-order chi connectivity index (χ1) is 8.58. The fourth-order valence-electron chi connectivity index (χ4n) is 1.79. The number of primary amides is 1. The van der Waals surface area contributed by atoms with E-state index in [-0.39, 0.29) is 5.91 Å². The van der Waals surface area contributed by atoms with E-state index in [1.165, 1.54) is 0 Å². The summed E-state index contributed by atoms with van der Waals surface area (Å²) < 4.78 is 1.79. The van der Waals surface area contributed by atoms with Gasteiger partial charge in [-0.05, 0) is 24.6 Å². The smallest absolute Gasteiger partial charge is 0.240 e. The van der Waals surface area contributed by atoms with Crippen LogP contribution in [0.2, 0.25) is 0 Å². The number of aromatic nitrogens is 2. The van der Waals surface area contributed by atoms with E-state index in [4.69, 9.17) is 11.5 Å². The summed E-state index contributed by atoms with van der Waals surface area (Å²) in [6.07, 6.45) is 4.08. The topological polar surface area (TPSA) is 86.9 Å². The maximum Gasteiger partial charge on any atom is 0.240 e. The van der Waals surface area contributed by atoms with Gasteiger partial charge in [0.05, 0.1) is 0 Å². The molecule has 2 rings (SSSR count). The molecular weight excluding hydrogens is 228 g/mol.